The SMILES string of the molecule is CC(CO)CSCc1cccc(C(N)=O)c1. The second kappa shape index (κ2) is 6.55. The number of amides is 1. The second-order valence-corrected chi connectivity index (χ2v) is 4.90. The van der Waals surface area contributed by atoms with E-state index in [0.717, 1.165) is 17.1 Å². The van der Waals surface area contributed by atoms with Gasteiger partial charge >= 0.3 is 0 Å². The molecule has 0 bridgehead atoms. The van der Waals surface area contributed by atoms with Crippen molar-refractivity contribution in [3.05, 3.63) is 35.4 Å². The van der Waals surface area contributed by atoms with Gasteiger partial charge in [0.15, 0.2) is 0 Å². The Kier molecular flexibility index (Phi) is 5.35. The van der Waals surface area contributed by atoms with Crippen LogP contribution in [0.5, 0.6) is 0 Å². The van der Waals surface area contributed by atoms with E-state index in [2.05, 4.69) is 0 Å². The molecule has 3 N–H and O–H groups in total. The molecule has 1 aromatic rings. The summed E-state index contributed by atoms with van der Waals surface area (Å²) < 4.78 is 0. The number of aliphatic hydroxyl groups excluding tert-OH is 1. The lowest BCUT2D eigenvalue weighted by atomic mass is 10.1. The Labute approximate surface area is 100 Å². The zero-order chi connectivity index (χ0) is 12.0. The lowest BCUT2D eigenvalue weighted by Crippen LogP contribution is -2.10. The molecule has 0 aliphatic heterocycles. The number of carbonyl (C=O) groups is 1. The van der Waals surface area contributed by atoms with Crippen molar-refractivity contribution in [3.63, 3.8) is 0 Å². The number of primary amides is 1. The number of thioether (sulfide) groups is 1. The molecule has 16 heavy (non-hydrogen) atoms. The average Bonchev–Trinajstić information content (AvgIpc) is 2.29. The molecule has 1 amide bonds. The van der Waals surface area contributed by atoms with Gasteiger partial charge in [0.25, 0.3) is 0 Å². The molecule has 0 saturated carbocycles. The van der Waals surface area contributed by atoms with E-state index >= 15 is 0 Å². The molecule has 3 nitrogen and oxygen atoms in total. The Hall–Kier alpha value is -1.00. The van der Waals surface area contributed by atoms with E-state index in [4.69, 9.17) is 10.8 Å². The summed E-state index contributed by atoms with van der Waals surface area (Å²) in [7, 11) is 0. The van der Waals surface area contributed by atoms with Gasteiger partial charge in [-0.25, -0.2) is 0 Å². The Bertz CT molecular complexity index is 355. The quantitative estimate of drug-likeness (QED) is 0.793. The number of hydrogen-bond donors (Lipinski definition) is 2. The van der Waals surface area contributed by atoms with E-state index in [0.29, 0.717) is 11.5 Å². The van der Waals surface area contributed by atoms with Crippen molar-refractivity contribution in [2.45, 2.75) is 12.7 Å². The summed E-state index contributed by atoms with van der Waals surface area (Å²) in [6.07, 6.45) is 0. The Morgan fingerprint density at radius 2 is 2.31 bits per heavy atom. The van der Waals surface area contributed by atoms with Gasteiger partial charge in [-0.15, -0.1) is 0 Å². The first-order valence-corrected chi connectivity index (χ1v) is 6.36. The van der Waals surface area contributed by atoms with Gasteiger partial charge in [0, 0.05) is 17.9 Å². The number of benzene rings is 1. The summed E-state index contributed by atoms with van der Waals surface area (Å²) in [4.78, 5) is 11.0. The topological polar surface area (TPSA) is 63.3 Å². The fourth-order valence-electron chi connectivity index (χ4n) is 1.25. The first-order valence-electron chi connectivity index (χ1n) is 5.21. The van der Waals surface area contributed by atoms with Crippen LogP contribution in [0.25, 0.3) is 0 Å². The fourth-order valence-corrected chi connectivity index (χ4v) is 2.29. The number of nitrogens with two attached hydrogens (primary N) is 1. The van der Waals surface area contributed by atoms with Crippen molar-refractivity contribution in [1.82, 2.24) is 0 Å². The smallest absolute Gasteiger partial charge is 0.248 e. The highest BCUT2D eigenvalue weighted by molar-refractivity contribution is 7.98. The van der Waals surface area contributed by atoms with Gasteiger partial charge in [-0.3, -0.25) is 4.79 Å². The molecule has 0 fully saturated rings. The standard InChI is InChI=1S/C12H17NO2S/c1-9(6-14)7-16-8-10-3-2-4-11(5-10)12(13)15/h2-5,9,14H,6-8H2,1H3,(H2,13,15). The third-order valence-corrected chi connectivity index (χ3v) is 3.54. The van der Waals surface area contributed by atoms with Crippen LogP contribution in [-0.2, 0) is 5.75 Å². The highest BCUT2D eigenvalue weighted by atomic mass is 32.2. The van der Waals surface area contributed by atoms with Crippen molar-refractivity contribution in [2.75, 3.05) is 12.4 Å². The zero-order valence-corrected chi connectivity index (χ0v) is 10.2. The van der Waals surface area contributed by atoms with E-state index in [1.54, 1.807) is 17.8 Å². The molecule has 1 unspecified atom stereocenters. The van der Waals surface area contributed by atoms with E-state index in [9.17, 15) is 4.79 Å². The van der Waals surface area contributed by atoms with Crippen LogP contribution in [0.3, 0.4) is 0 Å². The molecular formula is C12H17NO2S. The summed E-state index contributed by atoms with van der Waals surface area (Å²) in [5.41, 5.74) is 6.84. The molecule has 0 heterocycles. The molecule has 0 spiro atoms. The van der Waals surface area contributed by atoms with Crippen LogP contribution in [0.15, 0.2) is 24.3 Å². The summed E-state index contributed by atoms with van der Waals surface area (Å²) in [6, 6.07) is 7.35. The van der Waals surface area contributed by atoms with Crippen molar-refractivity contribution in [3.8, 4) is 0 Å². The fraction of sp³-hybridized carbons (Fsp3) is 0.417. The third kappa shape index (κ3) is 4.24. The highest BCUT2D eigenvalue weighted by Gasteiger charge is 2.03. The molecule has 1 aromatic carbocycles. The van der Waals surface area contributed by atoms with Crippen molar-refractivity contribution >= 4 is 17.7 Å². The van der Waals surface area contributed by atoms with Crippen molar-refractivity contribution < 1.29 is 9.90 Å². The molecule has 0 aliphatic rings. The number of rotatable bonds is 6. The predicted molar refractivity (Wildman–Crippen MR) is 67.4 cm³/mol. The summed E-state index contributed by atoms with van der Waals surface area (Å²) in [6.45, 7) is 2.22. The van der Waals surface area contributed by atoms with Gasteiger partial charge in [0.1, 0.15) is 0 Å². The van der Waals surface area contributed by atoms with Gasteiger partial charge < -0.3 is 10.8 Å². The number of hydrogen-bond acceptors (Lipinski definition) is 3. The minimum Gasteiger partial charge on any atom is -0.396 e. The van der Waals surface area contributed by atoms with Gasteiger partial charge in [-0.05, 0) is 29.4 Å². The second-order valence-electron chi connectivity index (χ2n) is 3.87. The Morgan fingerprint density at radius 1 is 1.56 bits per heavy atom. The minimum atomic E-state index is -0.393. The lowest BCUT2D eigenvalue weighted by Gasteiger charge is -2.07. The molecular weight excluding hydrogens is 222 g/mol. The molecule has 88 valence electrons. The Balaban J connectivity index is 2.48. The van der Waals surface area contributed by atoms with Crippen LogP contribution in [0, 0.1) is 5.92 Å². The summed E-state index contributed by atoms with van der Waals surface area (Å²) >= 11 is 1.75. The van der Waals surface area contributed by atoms with Gasteiger partial charge in [0.05, 0.1) is 0 Å². The molecule has 0 aromatic heterocycles. The van der Waals surface area contributed by atoms with Crippen LogP contribution in [0.1, 0.15) is 22.8 Å². The van der Waals surface area contributed by atoms with Crippen LogP contribution >= 0.6 is 11.8 Å². The zero-order valence-electron chi connectivity index (χ0n) is 9.35. The molecule has 0 saturated heterocycles. The van der Waals surface area contributed by atoms with Gasteiger partial charge in [-0.2, -0.15) is 11.8 Å². The van der Waals surface area contributed by atoms with E-state index in [1.807, 2.05) is 25.1 Å². The maximum absolute atomic E-state index is 11.0. The summed E-state index contributed by atoms with van der Waals surface area (Å²) in [5.74, 6) is 1.67. The molecule has 1 atom stereocenters. The maximum atomic E-state index is 11.0. The molecule has 1 rings (SSSR count). The van der Waals surface area contributed by atoms with Crippen molar-refractivity contribution in [2.24, 2.45) is 11.7 Å². The van der Waals surface area contributed by atoms with E-state index in [1.165, 1.54) is 0 Å². The maximum Gasteiger partial charge on any atom is 0.248 e. The van der Waals surface area contributed by atoms with E-state index < -0.39 is 5.91 Å². The average molecular weight is 239 g/mol. The summed E-state index contributed by atoms with van der Waals surface area (Å²) in [5, 5.41) is 8.87. The normalized spacial score (nSPS) is 12.4. The first-order chi connectivity index (χ1) is 7.63. The van der Waals surface area contributed by atoms with Crippen molar-refractivity contribution in [1.29, 1.82) is 0 Å². The molecule has 4 heteroatoms. The van der Waals surface area contributed by atoms with Crippen LogP contribution in [0.4, 0.5) is 0 Å². The Morgan fingerprint density at radius 3 is 2.94 bits per heavy atom. The number of aliphatic hydroxyl groups is 1. The molecule has 0 aliphatic carbocycles. The van der Waals surface area contributed by atoms with Gasteiger partial charge in [0.2, 0.25) is 5.91 Å². The van der Waals surface area contributed by atoms with E-state index in [-0.39, 0.29) is 6.61 Å². The minimum absolute atomic E-state index is 0.217. The number of carbonyl (C=O) groups excluding carboxylic acids is 1. The van der Waals surface area contributed by atoms with Crippen LogP contribution in [0.2, 0.25) is 0 Å². The van der Waals surface area contributed by atoms with Crippen LogP contribution in [-0.4, -0.2) is 23.4 Å². The predicted octanol–water partition coefficient (Wildman–Crippen LogP) is 1.65. The lowest BCUT2D eigenvalue weighted by molar-refractivity contribution is 0.1000. The first kappa shape index (κ1) is 13.1. The molecule has 0 radical (unpaired) electrons. The largest absolute Gasteiger partial charge is 0.396 e. The third-order valence-electron chi connectivity index (χ3n) is 2.19. The van der Waals surface area contributed by atoms with Gasteiger partial charge in [-0.1, -0.05) is 19.1 Å². The monoisotopic (exact) mass is 239 g/mol. The highest BCUT2D eigenvalue weighted by Crippen LogP contribution is 2.16. The van der Waals surface area contributed by atoms with Crippen LogP contribution < -0.4 is 5.73 Å².